The van der Waals surface area contributed by atoms with Crippen LogP contribution in [0.4, 0.5) is 5.82 Å². The predicted molar refractivity (Wildman–Crippen MR) is 66.3 cm³/mol. The molecule has 3 unspecified atom stereocenters. The molecule has 1 saturated heterocycles. The lowest BCUT2D eigenvalue weighted by Gasteiger charge is -2.44. The first-order valence-corrected chi connectivity index (χ1v) is 5.92. The molecule has 1 aliphatic carbocycles. The third-order valence-corrected chi connectivity index (χ3v) is 4.09. The summed E-state index contributed by atoms with van der Waals surface area (Å²) in [4.78, 5) is 10.8. The average molecular weight is 228 g/mol. The van der Waals surface area contributed by atoms with Crippen molar-refractivity contribution in [1.29, 1.82) is 0 Å². The van der Waals surface area contributed by atoms with E-state index in [0.717, 1.165) is 31.2 Å². The average Bonchev–Trinajstić information content (AvgIpc) is 2.62. The highest BCUT2D eigenvalue weighted by Crippen LogP contribution is 2.51. The van der Waals surface area contributed by atoms with Gasteiger partial charge in [0.2, 0.25) is 0 Å². The van der Waals surface area contributed by atoms with Crippen LogP contribution in [0.15, 0.2) is 12.3 Å². The molecule has 2 fully saturated rings. The molecule has 0 aromatic carbocycles. The van der Waals surface area contributed by atoms with Crippen molar-refractivity contribution in [3.05, 3.63) is 18.1 Å². The van der Waals surface area contributed by atoms with Crippen molar-refractivity contribution in [1.82, 2.24) is 9.97 Å². The molecule has 2 aliphatic rings. The van der Waals surface area contributed by atoms with E-state index in [4.69, 9.17) is 12.2 Å². The Morgan fingerprint density at radius 1 is 1.65 bits per heavy atom. The summed E-state index contributed by atoms with van der Waals surface area (Å²) in [6.45, 7) is 3.69. The second-order valence-electron chi connectivity index (χ2n) is 5.12. The quantitative estimate of drug-likeness (QED) is 0.714. The number of terminal acetylenes is 1. The second-order valence-corrected chi connectivity index (χ2v) is 5.12. The topological polar surface area (TPSA) is 55.0 Å². The number of aryl methyl sites for hydroxylation is 1. The van der Waals surface area contributed by atoms with Crippen molar-refractivity contribution in [3.8, 4) is 12.3 Å². The first kappa shape index (κ1) is 10.5. The molecule has 17 heavy (non-hydrogen) atoms. The Balaban J connectivity index is 1.87. The monoisotopic (exact) mass is 228 g/mol. The van der Waals surface area contributed by atoms with E-state index in [-0.39, 0.29) is 11.5 Å². The van der Waals surface area contributed by atoms with Crippen molar-refractivity contribution in [3.63, 3.8) is 0 Å². The number of nitrogens with two attached hydrogens (primary N) is 1. The van der Waals surface area contributed by atoms with E-state index in [1.165, 1.54) is 0 Å². The minimum absolute atomic E-state index is 0.0156. The van der Waals surface area contributed by atoms with Crippen LogP contribution in [-0.4, -0.2) is 29.1 Å². The minimum Gasteiger partial charge on any atom is -0.355 e. The van der Waals surface area contributed by atoms with E-state index in [0.29, 0.717) is 5.92 Å². The van der Waals surface area contributed by atoms with Gasteiger partial charge in [-0.15, -0.1) is 6.42 Å². The van der Waals surface area contributed by atoms with Gasteiger partial charge in [-0.25, -0.2) is 9.97 Å². The lowest BCUT2D eigenvalue weighted by atomic mass is 9.59. The Morgan fingerprint density at radius 2 is 2.47 bits per heavy atom. The van der Waals surface area contributed by atoms with E-state index in [2.05, 4.69) is 20.8 Å². The number of fused-ring (bicyclic) bond motifs is 1. The maximum absolute atomic E-state index is 6.04. The van der Waals surface area contributed by atoms with E-state index >= 15 is 0 Å². The largest absolute Gasteiger partial charge is 0.355 e. The molecule has 3 atom stereocenters. The Labute approximate surface area is 101 Å². The number of rotatable bonds is 1. The van der Waals surface area contributed by atoms with E-state index < -0.39 is 0 Å². The molecule has 1 aliphatic heterocycles. The molecule has 1 aromatic rings. The van der Waals surface area contributed by atoms with Crippen LogP contribution in [0.5, 0.6) is 0 Å². The Bertz CT molecular complexity index is 492. The van der Waals surface area contributed by atoms with E-state index in [1.54, 1.807) is 6.20 Å². The van der Waals surface area contributed by atoms with Gasteiger partial charge in [0.25, 0.3) is 0 Å². The van der Waals surface area contributed by atoms with Crippen LogP contribution in [0, 0.1) is 30.6 Å². The van der Waals surface area contributed by atoms with Crippen LogP contribution in [0.25, 0.3) is 0 Å². The van der Waals surface area contributed by atoms with Crippen LogP contribution in [0.1, 0.15) is 12.2 Å². The fourth-order valence-corrected chi connectivity index (χ4v) is 3.10. The molecular formula is C13H16N4. The van der Waals surface area contributed by atoms with Crippen molar-refractivity contribution in [2.75, 3.05) is 18.0 Å². The Morgan fingerprint density at radius 3 is 3.06 bits per heavy atom. The first-order chi connectivity index (χ1) is 8.14. The highest BCUT2D eigenvalue weighted by molar-refractivity contribution is 5.44. The molecule has 1 aromatic heterocycles. The molecule has 2 N–H and O–H groups in total. The van der Waals surface area contributed by atoms with Crippen LogP contribution in [0.2, 0.25) is 0 Å². The lowest BCUT2D eigenvalue weighted by molar-refractivity contribution is 0.121. The van der Waals surface area contributed by atoms with Gasteiger partial charge in [-0.2, -0.15) is 0 Å². The van der Waals surface area contributed by atoms with Crippen molar-refractivity contribution in [2.45, 2.75) is 19.4 Å². The van der Waals surface area contributed by atoms with Crippen molar-refractivity contribution >= 4 is 5.82 Å². The molecule has 2 heterocycles. The number of nitrogens with zero attached hydrogens (tertiary/aromatic N) is 3. The highest BCUT2D eigenvalue weighted by Gasteiger charge is 2.57. The zero-order valence-electron chi connectivity index (χ0n) is 9.93. The summed E-state index contributed by atoms with van der Waals surface area (Å²) in [6, 6.07) is 2.19. The SMILES string of the molecule is C#CC12CC(N)C1CN(c1ccnc(C)n1)C2. The number of hydrogen-bond acceptors (Lipinski definition) is 4. The maximum Gasteiger partial charge on any atom is 0.132 e. The van der Waals surface area contributed by atoms with Crippen molar-refractivity contribution < 1.29 is 0 Å². The molecule has 0 amide bonds. The summed E-state index contributed by atoms with van der Waals surface area (Å²) in [7, 11) is 0. The third-order valence-electron chi connectivity index (χ3n) is 4.09. The summed E-state index contributed by atoms with van der Waals surface area (Å²) < 4.78 is 0. The van der Waals surface area contributed by atoms with Crippen LogP contribution >= 0.6 is 0 Å². The van der Waals surface area contributed by atoms with E-state index in [1.807, 2.05) is 13.0 Å². The first-order valence-electron chi connectivity index (χ1n) is 5.92. The van der Waals surface area contributed by atoms with Crippen LogP contribution in [0.3, 0.4) is 0 Å². The zero-order chi connectivity index (χ0) is 12.0. The van der Waals surface area contributed by atoms with E-state index in [9.17, 15) is 0 Å². The summed E-state index contributed by atoms with van der Waals surface area (Å²) in [5, 5.41) is 0. The van der Waals surface area contributed by atoms with Crippen LogP contribution < -0.4 is 10.6 Å². The van der Waals surface area contributed by atoms with Gasteiger partial charge in [0.15, 0.2) is 0 Å². The molecule has 1 saturated carbocycles. The van der Waals surface area contributed by atoms with Gasteiger partial charge in [0, 0.05) is 31.2 Å². The summed E-state index contributed by atoms with van der Waals surface area (Å²) >= 11 is 0. The molecule has 0 bridgehead atoms. The van der Waals surface area contributed by atoms with Gasteiger partial charge < -0.3 is 10.6 Å². The minimum atomic E-state index is -0.0156. The highest BCUT2D eigenvalue weighted by atomic mass is 15.2. The Kier molecular flexibility index (Phi) is 2.14. The van der Waals surface area contributed by atoms with Gasteiger partial charge in [-0.05, 0) is 19.4 Å². The number of anilines is 1. The van der Waals surface area contributed by atoms with Crippen LogP contribution in [-0.2, 0) is 0 Å². The third kappa shape index (κ3) is 1.43. The molecule has 0 radical (unpaired) electrons. The normalized spacial score (nSPS) is 35.0. The Hall–Kier alpha value is -1.60. The fraction of sp³-hybridized carbons (Fsp3) is 0.538. The van der Waals surface area contributed by atoms with Gasteiger partial charge in [-0.1, -0.05) is 5.92 Å². The second kappa shape index (κ2) is 3.44. The smallest absolute Gasteiger partial charge is 0.132 e. The number of hydrogen-bond donors (Lipinski definition) is 1. The summed E-state index contributed by atoms with van der Waals surface area (Å²) in [6.07, 6.45) is 8.41. The molecule has 0 spiro atoms. The lowest BCUT2D eigenvalue weighted by Crippen LogP contribution is -2.54. The molecule has 88 valence electrons. The summed E-state index contributed by atoms with van der Waals surface area (Å²) in [5.74, 6) is 5.13. The number of aromatic nitrogens is 2. The molecule has 4 nitrogen and oxygen atoms in total. The van der Waals surface area contributed by atoms with Crippen molar-refractivity contribution in [2.24, 2.45) is 17.1 Å². The summed E-state index contributed by atoms with van der Waals surface area (Å²) in [5.41, 5.74) is 6.02. The standard InChI is InChI=1S/C13H16N4/c1-3-13-6-11(14)10(13)7-17(8-13)12-4-5-15-9(2)16-12/h1,4-5,10-11H,6-8,14H2,2H3. The van der Waals surface area contributed by atoms with Gasteiger partial charge in [0.05, 0.1) is 5.41 Å². The van der Waals surface area contributed by atoms with Gasteiger partial charge in [-0.3, -0.25) is 0 Å². The predicted octanol–water partition coefficient (Wildman–Crippen LogP) is 0.572. The van der Waals surface area contributed by atoms with Gasteiger partial charge in [0.1, 0.15) is 11.6 Å². The molecule has 3 rings (SSSR count). The molecule has 4 heteroatoms. The maximum atomic E-state index is 6.04. The molecular weight excluding hydrogens is 212 g/mol. The van der Waals surface area contributed by atoms with Gasteiger partial charge >= 0.3 is 0 Å². The zero-order valence-corrected chi connectivity index (χ0v) is 9.93. The fourth-order valence-electron chi connectivity index (χ4n) is 3.10.